The van der Waals surface area contributed by atoms with Crippen LogP contribution in [-0.4, -0.2) is 29.4 Å². The molecule has 4 aliphatic carbocycles. The smallest absolute Gasteiger partial charge is 0.334 e. The maximum Gasteiger partial charge on any atom is 0.334 e. The second-order valence-electron chi connectivity index (χ2n) is 9.30. The Morgan fingerprint density at radius 2 is 1.92 bits per heavy atom. The summed E-state index contributed by atoms with van der Waals surface area (Å²) in [5.41, 5.74) is 0.292. The summed E-state index contributed by atoms with van der Waals surface area (Å²) in [6.45, 7) is 4.28. The van der Waals surface area contributed by atoms with Gasteiger partial charge in [-0.3, -0.25) is 9.59 Å². The molecule has 5 rings (SSSR count). The number of carboxylic acid groups (broad SMARTS) is 1. The van der Waals surface area contributed by atoms with E-state index in [0.29, 0.717) is 17.6 Å². The number of carbonyl (C=O) groups excluding carboxylic acids is 2. The van der Waals surface area contributed by atoms with Crippen LogP contribution >= 0.6 is 0 Å². The van der Waals surface area contributed by atoms with Crippen molar-refractivity contribution in [1.29, 1.82) is 0 Å². The van der Waals surface area contributed by atoms with Crippen molar-refractivity contribution in [2.45, 2.75) is 52.4 Å². The van der Waals surface area contributed by atoms with E-state index in [9.17, 15) is 19.5 Å². The number of esters is 1. The number of fused-ring (bicyclic) bond motifs is 2. The average Bonchev–Trinajstić information content (AvgIpc) is 2.99. The van der Waals surface area contributed by atoms with Crippen molar-refractivity contribution in [2.75, 3.05) is 6.61 Å². The van der Waals surface area contributed by atoms with E-state index >= 15 is 0 Å². The third-order valence-corrected chi connectivity index (χ3v) is 8.81. The van der Waals surface area contributed by atoms with Gasteiger partial charge in [0.1, 0.15) is 6.61 Å². The van der Waals surface area contributed by atoms with Crippen LogP contribution in [0.1, 0.15) is 52.4 Å². The van der Waals surface area contributed by atoms with E-state index in [0.717, 1.165) is 32.1 Å². The monoisotopic (exact) mass is 344 g/mol. The SMILES string of the molecule is C[C@]12CCC[C@](C)(C(=O)O)[C@@H]1C[C@@H]1[C@@H]3C(=O)C4=C(CC[C@@]132)C(=O)OC4. The van der Waals surface area contributed by atoms with Gasteiger partial charge in [0, 0.05) is 17.1 Å². The predicted molar refractivity (Wildman–Crippen MR) is 87.4 cm³/mol. The highest BCUT2D eigenvalue weighted by Crippen LogP contribution is 2.84. The van der Waals surface area contributed by atoms with E-state index in [-0.39, 0.29) is 46.9 Å². The Bertz CT molecular complexity index is 766. The van der Waals surface area contributed by atoms with Crippen molar-refractivity contribution < 1.29 is 24.2 Å². The lowest BCUT2D eigenvalue weighted by molar-refractivity contribution is -0.161. The van der Waals surface area contributed by atoms with E-state index in [2.05, 4.69) is 6.92 Å². The molecular formula is C20H24O5. The number of carboxylic acids is 1. The highest BCUT2D eigenvalue weighted by atomic mass is 16.5. The second-order valence-corrected chi connectivity index (χ2v) is 9.30. The van der Waals surface area contributed by atoms with Crippen LogP contribution in [0.4, 0.5) is 0 Å². The maximum absolute atomic E-state index is 13.1. The maximum atomic E-state index is 13.1. The van der Waals surface area contributed by atoms with Crippen LogP contribution in [0, 0.1) is 34.0 Å². The van der Waals surface area contributed by atoms with E-state index < -0.39 is 11.4 Å². The van der Waals surface area contributed by atoms with E-state index in [1.54, 1.807) is 0 Å². The number of hydrogen-bond acceptors (Lipinski definition) is 4. The third kappa shape index (κ3) is 1.51. The molecule has 0 aromatic heterocycles. The molecule has 0 saturated heterocycles. The minimum Gasteiger partial charge on any atom is -0.481 e. The molecule has 0 bridgehead atoms. The summed E-state index contributed by atoms with van der Waals surface area (Å²) >= 11 is 0. The number of ether oxygens (including phenoxy) is 1. The molecule has 5 nitrogen and oxygen atoms in total. The molecule has 0 aromatic rings. The molecule has 25 heavy (non-hydrogen) atoms. The van der Waals surface area contributed by atoms with Crippen LogP contribution < -0.4 is 0 Å². The highest BCUT2D eigenvalue weighted by molar-refractivity contribution is 6.09. The lowest BCUT2D eigenvalue weighted by Gasteiger charge is -2.52. The third-order valence-electron chi connectivity index (χ3n) is 8.81. The van der Waals surface area contributed by atoms with Gasteiger partial charge in [-0.05, 0) is 61.7 Å². The number of aliphatic carboxylic acids is 1. The summed E-state index contributed by atoms with van der Waals surface area (Å²) < 4.78 is 5.10. The number of cyclic esters (lactones) is 1. The van der Waals surface area contributed by atoms with E-state index in [1.807, 2.05) is 6.92 Å². The summed E-state index contributed by atoms with van der Waals surface area (Å²) in [5.74, 6) is -0.507. The van der Waals surface area contributed by atoms with Gasteiger partial charge in [0.15, 0.2) is 5.78 Å². The van der Waals surface area contributed by atoms with Gasteiger partial charge in [0.05, 0.1) is 5.41 Å². The van der Waals surface area contributed by atoms with Crippen LogP contribution in [0.2, 0.25) is 0 Å². The number of rotatable bonds is 1. The Morgan fingerprint density at radius 3 is 2.64 bits per heavy atom. The number of carbonyl (C=O) groups is 3. The van der Waals surface area contributed by atoms with Crippen molar-refractivity contribution >= 4 is 17.7 Å². The number of hydrogen-bond donors (Lipinski definition) is 1. The Hall–Kier alpha value is -1.65. The molecule has 3 fully saturated rings. The fourth-order valence-corrected chi connectivity index (χ4v) is 7.58. The zero-order valence-electron chi connectivity index (χ0n) is 14.8. The zero-order chi connectivity index (χ0) is 17.8. The van der Waals surface area contributed by atoms with E-state index in [1.165, 1.54) is 0 Å². The summed E-state index contributed by atoms with van der Waals surface area (Å²) in [6.07, 6.45) is 4.90. The minimum atomic E-state index is -0.693. The standard InChI is InChI=1S/C20H24O5/c1-18(17(23)24)5-3-6-19(2)13(18)8-12-14-15(21)11-9-25-16(22)10(11)4-7-20(12,14)19/h12-14H,3-9H2,1-2H3,(H,23,24)/t12-,13+,14-,18+,19+,20-/m1/s1. The van der Waals surface area contributed by atoms with Crippen LogP contribution in [0.15, 0.2) is 11.1 Å². The van der Waals surface area contributed by atoms with Crippen LogP contribution in [-0.2, 0) is 19.1 Å². The molecule has 6 atom stereocenters. The quantitative estimate of drug-likeness (QED) is 0.740. The van der Waals surface area contributed by atoms with E-state index in [4.69, 9.17) is 4.74 Å². The molecule has 0 aromatic carbocycles. The predicted octanol–water partition coefficient (Wildman–Crippen LogP) is 2.74. The molecule has 1 heterocycles. The molecule has 1 N–H and O–H groups in total. The van der Waals surface area contributed by atoms with Gasteiger partial charge in [-0.1, -0.05) is 13.3 Å². The highest BCUT2D eigenvalue weighted by Gasteiger charge is 2.82. The first-order valence-electron chi connectivity index (χ1n) is 9.44. The molecule has 0 amide bonds. The molecule has 1 aliphatic heterocycles. The second kappa shape index (κ2) is 4.36. The molecule has 134 valence electrons. The lowest BCUT2D eigenvalue weighted by Crippen LogP contribution is -2.50. The van der Waals surface area contributed by atoms with Gasteiger partial charge in [-0.25, -0.2) is 4.79 Å². The van der Waals surface area contributed by atoms with Crippen molar-refractivity contribution in [2.24, 2.45) is 34.0 Å². The molecule has 0 unspecified atom stereocenters. The zero-order valence-corrected chi connectivity index (χ0v) is 14.8. The summed E-state index contributed by atoms with van der Waals surface area (Å²) in [5, 5.41) is 9.89. The van der Waals surface area contributed by atoms with Gasteiger partial charge >= 0.3 is 11.9 Å². The Balaban J connectivity index is 1.56. The van der Waals surface area contributed by atoms with Crippen LogP contribution in [0.25, 0.3) is 0 Å². The van der Waals surface area contributed by atoms with Gasteiger partial charge in [-0.15, -0.1) is 0 Å². The molecule has 5 aliphatic rings. The molecule has 1 spiro atoms. The first-order chi connectivity index (χ1) is 11.8. The Morgan fingerprint density at radius 1 is 1.16 bits per heavy atom. The molecule has 0 radical (unpaired) electrons. The van der Waals surface area contributed by atoms with Crippen molar-refractivity contribution in [1.82, 2.24) is 0 Å². The summed E-state index contributed by atoms with van der Waals surface area (Å²) in [4.78, 5) is 37.1. The van der Waals surface area contributed by atoms with Gasteiger partial charge in [0.25, 0.3) is 0 Å². The van der Waals surface area contributed by atoms with Gasteiger partial charge in [-0.2, -0.15) is 0 Å². The average molecular weight is 344 g/mol. The Labute approximate surface area is 146 Å². The first-order valence-corrected chi connectivity index (χ1v) is 9.44. The first kappa shape index (κ1) is 15.6. The fourth-order valence-electron chi connectivity index (χ4n) is 7.58. The molecule has 5 heteroatoms. The minimum absolute atomic E-state index is 0.0214. The van der Waals surface area contributed by atoms with Crippen molar-refractivity contribution in [3.63, 3.8) is 0 Å². The number of ketones is 1. The topological polar surface area (TPSA) is 80.7 Å². The van der Waals surface area contributed by atoms with Gasteiger partial charge in [0.2, 0.25) is 0 Å². The summed E-state index contributed by atoms with van der Waals surface area (Å²) in [6, 6.07) is 0. The van der Waals surface area contributed by atoms with Crippen LogP contribution in [0.5, 0.6) is 0 Å². The van der Waals surface area contributed by atoms with Crippen LogP contribution in [0.3, 0.4) is 0 Å². The van der Waals surface area contributed by atoms with Crippen molar-refractivity contribution in [3.8, 4) is 0 Å². The van der Waals surface area contributed by atoms with Crippen molar-refractivity contribution in [3.05, 3.63) is 11.1 Å². The fraction of sp³-hybridized carbons (Fsp3) is 0.750. The van der Waals surface area contributed by atoms with Gasteiger partial charge < -0.3 is 9.84 Å². The summed E-state index contributed by atoms with van der Waals surface area (Å²) in [7, 11) is 0. The molecular weight excluding hydrogens is 320 g/mol. The lowest BCUT2D eigenvalue weighted by atomic mass is 9.51. The normalized spacial score (nSPS) is 50.4. The Kier molecular flexibility index (Phi) is 2.72. The molecule has 3 saturated carbocycles. The largest absolute Gasteiger partial charge is 0.481 e. The number of Topliss-reactive ketones (excluding diaryl/α,β-unsaturated/α-hetero) is 1.